The molecule has 0 bridgehead atoms. The second-order valence-electron chi connectivity index (χ2n) is 6.78. The fourth-order valence-electron chi connectivity index (χ4n) is 4.10. The molecule has 2 aliphatic rings. The highest BCUT2D eigenvalue weighted by molar-refractivity contribution is 7.92. The number of likely N-dealkylation sites (tertiary alicyclic amines) is 1. The van der Waals surface area contributed by atoms with E-state index in [1.807, 2.05) is 17.5 Å². The summed E-state index contributed by atoms with van der Waals surface area (Å²) in [6.07, 6.45) is 3.39. The highest BCUT2D eigenvalue weighted by Crippen LogP contribution is 2.46. The summed E-state index contributed by atoms with van der Waals surface area (Å²) in [5.41, 5.74) is 4.33. The van der Waals surface area contributed by atoms with Crippen LogP contribution in [0.1, 0.15) is 17.0 Å². The number of thiophene rings is 1. The molecule has 4 heterocycles. The topological polar surface area (TPSA) is 50.5 Å². The minimum atomic E-state index is -3.24. The maximum atomic E-state index is 13.0. The molecule has 128 valence electrons. The van der Waals surface area contributed by atoms with Gasteiger partial charge in [-0.15, -0.1) is 0 Å². The van der Waals surface area contributed by atoms with E-state index in [1.165, 1.54) is 0 Å². The quantitative estimate of drug-likeness (QED) is 0.703. The van der Waals surface area contributed by atoms with Crippen LogP contribution >= 0.6 is 11.3 Å². The molecule has 0 amide bonds. The summed E-state index contributed by atoms with van der Waals surface area (Å²) in [5.74, 6) is 0.0606. The molecule has 3 aromatic rings. The zero-order chi connectivity index (χ0) is 17.0. The average Bonchev–Trinajstić information content (AvgIpc) is 3.37. The Morgan fingerprint density at radius 1 is 1.16 bits per heavy atom. The maximum absolute atomic E-state index is 13.0. The van der Waals surface area contributed by atoms with Crippen molar-refractivity contribution in [1.82, 2.24) is 4.90 Å². The van der Waals surface area contributed by atoms with Crippen LogP contribution in [-0.2, 0) is 16.4 Å². The number of rotatable bonds is 3. The second kappa shape index (κ2) is 5.56. The van der Waals surface area contributed by atoms with E-state index in [0.717, 1.165) is 35.3 Å². The molecule has 0 N–H and O–H groups in total. The Morgan fingerprint density at radius 2 is 2.08 bits per heavy atom. The number of fused-ring (bicyclic) bond motifs is 3. The molecule has 1 saturated heterocycles. The molecule has 2 aromatic heterocycles. The van der Waals surface area contributed by atoms with Gasteiger partial charge < -0.3 is 4.42 Å². The van der Waals surface area contributed by atoms with E-state index in [1.54, 1.807) is 29.9 Å². The van der Waals surface area contributed by atoms with Gasteiger partial charge in [-0.2, -0.15) is 11.3 Å². The van der Waals surface area contributed by atoms with Gasteiger partial charge >= 0.3 is 0 Å². The van der Waals surface area contributed by atoms with Gasteiger partial charge in [-0.25, -0.2) is 8.42 Å². The Bertz CT molecular complexity index is 1010. The van der Waals surface area contributed by atoms with E-state index in [9.17, 15) is 8.42 Å². The lowest BCUT2D eigenvalue weighted by molar-refractivity contribution is 0.324. The van der Waals surface area contributed by atoms with Gasteiger partial charge in [0.05, 0.1) is 22.7 Å². The second-order valence-corrected chi connectivity index (χ2v) is 9.70. The number of hydrogen-bond acceptors (Lipinski definition) is 5. The van der Waals surface area contributed by atoms with Crippen molar-refractivity contribution in [2.75, 3.05) is 13.1 Å². The number of nitrogens with zero attached hydrogens (tertiary/aromatic N) is 1. The Morgan fingerprint density at radius 3 is 2.84 bits per heavy atom. The molecule has 5 rings (SSSR count). The smallest absolute Gasteiger partial charge is 0.183 e. The SMILES string of the molecule is O=S1(=O)c2ccc(-c3ccsc3)cc2[C@@H]2CN(Cc3ccoc3)C[C@H]21. The van der Waals surface area contributed by atoms with Crippen LogP contribution in [0.5, 0.6) is 0 Å². The fraction of sp³-hybridized carbons (Fsp3) is 0.263. The van der Waals surface area contributed by atoms with E-state index in [4.69, 9.17) is 4.42 Å². The third kappa shape index (κ3) is 2.39. The number of benzene rings is 1. The molecule has 2 aliphatic heterocycles. The maximum Gasteiger partial charge on any atom is 0.183 e. The molecule has 0 radical (unpaired) electrons. The van der Waals surface area contributed by atoms with Crippen LogP contribution < -0.4 is 0 Å². The molecule has 2 atom stereocenters. The van der Waals surface area contributed by atoms with Gasteiger partial charge in [0.15, 0.2) is 9.84 Å². The molecule has 4 nitrogen and oxygen atoms in total. The van der Waals surface area contributed by atoms with E-state index in [0.29, 0.717) is 11.4 Å². The first-order valence-electron chi connectivity index (χ1n) is 8.27. The van der Waals surface area contributed by atoms with Crippen molar-refractivity contribution in [3.63, 3.8) is 0 Å². The lowest BCUT2D eigenvalue weighted by Gasteiger charge is -2.16. The van der Waals surface area contributed by atoms with E-state index in [2.05, 4.69) is 22.4 Å². The summed E-state index contributed by atoms with van der Waals surface area (Å²) in [6, 6.07) is 9.83. The van der Waals surface area contributed by atoms with Crippen molar-refractivity contribution in [2.24, 2.45) is 0 Å². The molecule has 0 aliphatic carbocycles. The lowest BCUT2D eigenvalue weighted by atomic mass is 9.95. The van der Waals surface area contributed by atoms with Gasteiger partial charge in [-0.05, 0) is 51.7 Å². The molecule has 1 fully saturated rings. The van der Waals surface area contributed by atoms with E-state index < -0.39 is 9.84 Å². The van der Waals surface area contributed by atoms with Crippen LogP contribution in [0.3, 0.4) is 0 Å². The van der Waals surface area contributed by atoms with Crippen LogP contribution in [0.15, 0.2) is 62.9 Å². The van der Waals surface area contributed by atoms with Crippen molar-refractivity contribution in [1.29, 1.82) is 0 Å². The summed E-state index contributed by atoms with van der Waals surface area (Å²) in [6.45, 7) is 2.09. The number of hydrogen-bond donors (Lipinski definition) is 0. The summed E-state index contributed by atoms with van der Waals surface area (Å²) < 4.78 is 31.1. The highest BCUT2D eigenvalue weighted by Gasteiger charge is 2.50. The van der Waals surface area contributed by atoms with Gasteiger partial charge in [0, 0.05) is 31.1 Å². The predicted molar refractivity (Wildman–Crippen MR) is 97.5 cm³/mol. The van der Waals surface area contributed by atoms with Crippen LogP contribution in [0, 0.1) is 0 Å². The van der Waals surface area contributed by atoms with Crippen molar-refractivity contribution in [2.45, 2.75) is 22.6 Å². The zero-order valence-corrected chi connectivity index (χ0v) is 15.1. The third-order valence-electron chi connectivity index (χ3n) is 5.30. The van der Waals surface area contributed by atoms with Crippen molar-refractivity contribution in [3.8, 4) is 11.1 Å². The lowest BCUT2D eigenvalue weighted by Crippen LogP contribution is -2.25. The third-order valence-corrected chi connectivity index (χ3v) is 8.24. The molecule has 6 heteroatoms. The first-order valence-corrected chi connectivity index (χ1v) is 10.8. The van der Waals surface area contributed by atoms with Gasteiger partial charge in [-0.3, -0.25) is 4.90 Å². The number of furan rings is 1. The van der Waals surface area contributed by atoms with Gasteiger partial charge in [0.1, 0.15) is 0 Å². The molecular formula is C19H17NO3S2. The largest absolute Gasteiger partial charge is 0.472 e. The van der Waals surface area contributed by atoms with Gasteiger partial charge in [0.25, 0.3) is 0 Å². The van der Waals surface area contributed by atoms with Crippen molar-refractivity contribution >= 4 is 21.2 Å². The first-order chi connectivity index (χ1) is 12.1. The highest BCUT2D eigenvalue weighted by atomic mass is 32.2. The minimum Gasteiger partial charge on any atom is -0.472 e. The Balaban J connectivity index is 1.51. The summed E-state index contributed by atoms with van der Waals surface area (Å²) >= 11 is 1.65. The predicted octanol–water partition coefficient (Wildman–Crippen LogP) is 3.76. The molecular weight excluding hydrogens is 354 g/mol. The monoisotopic (exact) mass is 371 g/mol. The van der Waals surface area contributed by atoms with Crippen LogP contribution in [0.2, 0.25) is 0 Å². The molecule has 0 saturated carbocycles. The normalized spacial score (nSPS) is 24.3. The first kappa shape index (κ1) is 15.4. The van der Waals surface area contributed by atoms with Crippen molar-refractivity contribution in [3.05, 3.63) is 64.7 Å². The number of sulfone groups is 1. The molecule has 25 heavy (non-hydrogen) atoms. The van der Waals surface area contributed by atoms with Crippen LogP contribution in [0.25, 0.3) is 11.1 Å². The Kier molecular flexibility index (Phi) is 3.42. The Hall–Kier alpha value is -1.89. The average molecular weight is 371 g/mol. The molecule has 1 aromatic carbocycles. The minimum absolute atomic E-state index is 0.0606. The van der Waals surface area contributed by atoms with Crippen LogP contribution in [0.4, 0.5) is 0 Å². The Labute approximate surface area is 150 Å². The van der Waals surface area contributed by atoms with E-state index >= 15 is 0 Å². The van der Waals surface area contributed by atoms with Gasteiger partial charge in [-0.1, -0.05) is 6.07 Å². The van der Waals surface area contributed by atoms with Crippen LogP contribution in [-0.4, -0.2) is 31.7 Å². The van der Waals surface area contributed by atoms with Crippen molar-refractivity contribution < 1.29 is 12.8 Å². The summed E-state index contributed by atoms with van der Waals surface area (Å²) in [5, 5.41) is 3.82. The van der Waals surface area contributed by atoms with Gasteiger partial charge in [0.2, 0.25) is 0 Å². The summed E-state index contributed by atoms with van der Waals surface area (Å²) in [7, 11) is -3.24. The van der Waals surface area contributed by atoms with E-state index in [-0.39, 0.29) is 11.2 Å². The summed E-state index contributed by atoms with van der Waals surface area (Å²) in [4.78, 5) is 2.75. The standard InChI is InChI=1S/C19H17NO3S2/c21-25(22)18-2-1-14(15-4-6-24-12-15)7-16(18)17-9-20(10-19(17)25)8-13-3-5-23-11-13/h1-7,11-12,17,19H,8-10H2/t17-,19+/m0/s1. The fourth-order valence-corrected chi connectivity index (χ4v) is 6.96. The molecule has 0 spiro atoms. The molecule has 0 unspecified atom stereocenters. The zero-order valence-electron chi connectivity index (χ0n) is 13.5.